The molecule has 1 N–H and O–H groups in total. The van der Waals surface area contributed by atoms with Crippen molar-refractivity contribution < 1.29 is 14.3 Å². The number of ether oxygens (including phenoxy) is 2. The van der Waals surface area contributed by atoms with Gasteiger partial charge in [-0.05, 0) is 43.5 Å². The summed E-state index contributed by atoms with van der Waals surface area (Å²) in [6.45, 7) is 3.81. The summed E-state index contributed by atoms with van der Waals surface area (Å²) in [5, 5.41) is 2.99. The minimum atomic E-state index is -0.0250. The number of anilines is 2. The van der Waals surface area contributed by atoms with Gasteiger partial charge in [-0.2, -0.15) is 0 Å². The lowest BCUT2D eigenvalue weighted by atomic mass is 9.96. The first-order chi connectivity index (χ1) is 12.7. The number of para-hydroxylation sites is 1. The number of carbonyl (C=O) groups excluding carboxylic acids is 1. The standard InChI is InChI=1S/C21H24N2O3/c1-15-7-8-16-5-2-3-6-18(16)23(15)14-21(24)22-17-9-10-19-20(13-17)26-12-4-11-25-19/h2-3,5-6,9-10,13,15H,4,7-8,11-12,14H2,1H3,(H,22,24). The Morgan fingerprint density at radius 3 is 2.85 bits per heavy atom. The van der Waals surface area contributed by atoms with E-state index in [4.69, 9.17) is 9.47 Å². The number of nitrogens with one attached hydrogen (secondary N) is 1. The zero-order valence-corrected chi connectivity index (χ0v) is 15.0. The lowest BCUT2D eigenvalue weighted by Gasteiger charge is -2.36. The highest BCUT2D eigenvalue weighted by Crippen LogP contribution is 2.33. The van der Waals surface area contributed by atoms with E-state index in [0.29, 0.717) is 31.5 Å². The maximum absolute atomic E-state index is 12.6. The van der Waals surface area contributed by atoms with Crippen molar-refractivity contribution in [3.05, 3.63) is 48.0 Å². The normalized spacial score (nSPS) is 18.7. The molecule has 1 atom stereocenters. The Labute approximate surface area is 153 Å². The SMILES string of the molecule is CC1CCc2ccccc2N1CC(=O)Nc1ccc2c(c1)OCCCO2. The molecule has 2 aliphatic rings. The molecule has 0 aromatic heterocycles. The van der Waals surface area contributed by atoms with E-state index in [0.717, 1.165) is 30.7 Å². The second kappa shape index (κ2) is 7.28. The molecule has 4 rings (SSSR count). The van der Waals surface area contributed by atoms with E-state index < -0.39 is 0 Å². The Bertz CT molecular complexity index is 806. The van der Waals surface area contributed by atoms with Crippen LogP contribution in [0.5, 0.6) is 11.5 Å². The molecule has 136 valence electrons. The molecule has 2 aromatic carbocycles. The molecule has 0 aliphatic carbocycles. The summed E-state index contributed by atoms with van der Waals surface area (Å²) in [5.41, 5.74) is 3.21. The second-order valence-corrected chi connectivity index (χ2v) is 6.90. The molecule has 2 aliphatic heterocycles. The lowest BCUT2D eigenvalue weighted by molar-refractivity contribution is -0.115. The summed E-state index contributed by atoms with van der Waals surface area (Å²) in [6, 6.07) is 14.2. The Hall–Kier alpha value is -2.69. The van der Waals surface area contributed by atoms with Crippen LogP contribution in [0.3, 0.4) is 0 Å². The predicted octanol–water partition coefficient (Wildman–Crippen LogP) is 3.63. The maximum Gasteiger partial charge on any atom is 0.243 e. The van der Waals surface area contributed by atoms with Gasteiger partial charge < -0.3 is 19.7 Å². The van der Waals surface area contributed by atoms with Crippen molar-refractivity contribution in [3.8, 4) is 11.5 Å². The zero-order chi connectivity index (χ0) is 17.9. The van der Waals surface area contributed by atoms with Gasteiger partial charge >= 0.3 is 0 Å². The van der Waals surface area contributed by atoms with Crippen LogP contribution >= 0.6 is 0 Å². The minimum absolute atomic E-state index is 0.0250. The number of rotatable bonds is 3. The summed E-state index contributed by atoms with van der Waals surface area (Å²) < 4.78 is 11.3. The largest absolute Gasteiger partial charge is 0.490 e. The number of carbonyl (C=O) groups is 1. The van der Waals surface area contributed by atoms with Crippen LogP contribution in [0.2, 0.25) is 0 Å². The molecule has 1 amide bonds. The van der Waals surface area contributed by atoms with E-state index in [1.165, 1.54) is 11.3 Å². The summed E-state index contributed by atoms with van der Waals surface area (Å²) in [7, 11) is 0. The zero-order valence-electron chi connectivity index (χ0n) is 15.0. The van der Waals surface area contributed by atoms with Crippen LogP contribution in [0.15, 0.2) is 42.5 Å². The van der Waals surface area contributed by atoms with Gasteiger partial charge in [0.05, 0.1) is 19.8 Å². The number of hydrogen-bond donors (Lipinski definition) is 1. The average Bonchev–Trinajstić information content (AvgIpc) is 2.89. The Balaban J connectivity index is 1.47. The van der Waals surface area contributed by atoms with Crippen LogP contribution in [0.25, 0.3) is 0 Å². The molecule has 26 heavy (non-hydrogen) atoms. The highest BCUT2D eigenvalue weighted by molar-refractivity contribution is 5.94. The first-order valence-electron chi connectivity index (χ1n) is 9.25. The smallest absolute Gasteiger partial charge is 0.243 e. The van der Waals surface area contributed by atoms with Gasteiger partial charge in [-0.3, -0.25) is 4.79 Å². The summed E-state index contributed by atoms with van der Waals surface area (Å²) in [5.74, 6) is 1.40. The highest BCUT2D eigenvalue weighted by Gasteiger charge is 2.24. The molecule has 0 saturated heterocycles. The molecule has 1 unspecified atom stereocenters. The van der Waals surface area contributed by atoms with Crippen LogP contribution in [0.4, 0.5) is 11.4 Å². The van der Waals surface area contributed by atoms with Crippen molar-refractivity contribution in [2.75, 3.05) is 30.0 Å². The van der Waals surface area contributed by atoms with E-state index in [-0.39, 0.29) is 5.91 Å². The quantitative estimate of drug-likeness (QED) is 0.916. The van der Waals surface area contributed by atoms with Crippen molar-refractivity contribution in [2.45, 2.75) is 32.2 Å². The topological polar surface area (TPSA) is 50.8 Å². The first kappa shape index (κ1) is 16.8. The van der Waals surface area contributed by atoms with Crippen molar-refractivity contribution >= 4 is 17.3 Å². The number of aryl methyl sites for hydroxylation is 1. The van der Waals surface area contributed by atoms with E-state index in [9.17, 15) is 4.79 Å². The van der Waals surface area contributed by atoms with Gasteiger partial charge in [-0.1, -0.05) is 18.2 Å². The summed E-state index contributed by atoms with van der Waals surface area (Å²) in [6.07, 6.45) is 2.99. The van der Waals surface area contributed by atoms with Gasteiger partial charge in [0.15, 0.2) is 11.5 Å². The molecule has 0 radical (unpaired) electrons. The number of fused-ring (bicyclic) bond motifs is 2. The fourth-order valence-electron chi connectivity index (χ4n) is 3.60. The maximum atomic E-state index is 12.6. The number of benzene rings is 2. The number of nitrogens with zero attached hydrogens (tertiary/aromatic N) is 1. The molecular weight excluding hydrogens is 328 g/mol. The van der Waals surface area contributed by atoms with Crippen LogP contribution in [0.1, 0.15) is 25.3 Å². The van der Waals surface area contributed by atoms with Crippen LogP contribution in [0, 0.1) is 0 Å². The minimum Gasteiger partial charge on any atom is -0.490 e. The van der Waals surface area contributed by atoms with E-state index in [1.807, 2.05) is 24.3 Å². The third-order valence-corrected chi connectivity index (χ3v) is 5.01. The summed E-state index contributed by atoms with van der Waals surface area (Å²) in [4.78, 5) is 14.8. The molecule has 0 saturated carbocycles. The second-order valence-electron chi connectivity index (χ2n) is 6.90. The van der Waals surface area contributed by atoms with Gasteiger partial charge in [0.1, 0.15) is 0 Å². The number of amides is 1. The molecule has 0 fully saturated rings. The lowest BCUT2D eigenvalue weighted by Crippen LogP contribution is -2.42. The van der Waals surface area contributed by atoms with E-state index >= 15 is 0 Å². The van der Waals surface area contributed by atoms with Gasteiger partial charge in [0.25, 0.3) is 0 Å². The van der Waals surface area contributed by atoms with Crippen LogP contribution in [-0.2, 0) is 11.2 Å². The van der Waals surface area contributed by atoms with Crippen LogP contribution < -0.4 is 19.7 Å². The molecule has 0 spiro atoms. The Morgan fingerprint density at radius 2 is 1.96 bits per heavy atom. The monoisotopic (exact) mass is 352 g/mol. The highest BCUT2D eigenvalue weighted by atomic mass is 16.5. The fourth-order valence-corrected chi connectivity index (χ4v) is 3.60. The third-order valence-electron chi connectivity index (χ3n) is 5.01. The third kappa shape index (κ3) is 3.47. The van der Waals surface area contributed by atoms with Gasteiger partial charge in [0.2, 0.25) is 5.91 Å². The predicted molar refractivity (Wildman–Crippen MR) is 102 cm³/mol. The molecule has 2 heterocycles. The Morgan fingerprint density at radius 1 is 1.15 bits per heavy atom. The molecular formula is C21H24N2O3. The van der Waals surface area contributed by atoms with Gasteiger partial charge in [-0.15, -0.1) is 0 Å². The molecule has 5 nitrogen and oxygen atoms in total. The Kier molecular flexibility index (Phi) is 4.69. The van der Waals surface area contributed by atoms with Crippen LogP contribution in [-0.4, -0.2) is 31.7 Å². The summed E-state index contributed by atoms with van der Waals surface area (Å²) >= 11 is 0. The van der Waals surface area contributed by atoms with Crippen molar-refractivity contribution in [1.29, 1.82) is 0 Å². The van der Waals surface area contributed by atoms with Crippen molar-refractivity contribution in [3.63, 3.8) is 0 Å². The molecule has 2 aromatic rings. The molecule has 5 heteroatoms. The van der Waals surface area contributed by atoms with E-state index in [1.54, 1.807) is 0 Å². The van der Waals surface area contributed by atoms with Crippen molar-refractivity contribution in [1.82, 2.24) is 0 Å². The first-order valence-corrected chi connectivity index (χ1v) is 9.25. The van der Waals surface area contributed by atoms with Gasteiger partial charge in [0, 0.05) is 29.9 Å². The average molecular weight is 352 g/mol. The fraction of sp³-hybridized carbons (Fsp3) is 0.381. The van der Waals surface area contributed by atoms with E-state index in [2.05, 4.69) is 35.3 Å². The molecule has 0 bridgehead atoms. The van der Waals surface area contributed by atoms with Gasteiger partial charge in [-0.25, -0.2) is 0 Å². The van der Waals surface area contributed by atoms with Crippen molar-refractivity contribution in [2.24, 2.45) is 0 Å². The number of hydrogen-bond acceptors (Lipinski definition) is 4.